The summed E-state index contributed by atoms with van der Waals surface area (Å²) in [6.45, 7) is 5.97. The van der Waals surface area contributed by atoms with Crippen LogP contribution in [0.1, 0.15) is 38.3 Å². The molecule has 4 atom stereocenters. The Hall–Kier alpha value is -4.48. The largest absolute Gasteiger partial charge is 0.508 e. The van der Waals surface area contributed by atoms with Gasteiger partial charge in [-0.1, -0.05) is 18.2 Å². The van der Waals surface area contributed by atoms with Gasteiger partial charge in [-0.25, -0.2) is 0 Å². The van der Waals surface area contributed by atoms with Gasteiger partial charge in [-0.15, -0.1) is 0 Å². The van der Waals surface area contributed by atoms with E-state index in [1.54, 1.807) is 26.5 Å². The molecule has 0 aliphatic heterocycles. The SMILES string of the molecule is CN(C)[C@H]1C(=O)C(C(N)=O)=C(O)[C@]2(O)C(=O)C3=C(O)c4c(O)ccc(-c5ccc(NC=NC(C)(C)C)cc5)c4C[C@@H]3C[C@H]12. The molecule has 7 N–H and O–H groups in total. The van der Waals surface area contributed by atoms with Crippen molar-refractivity contribution in [3.05, 3.63) is 64.4 Å². The molecule has 1 amide bonds. The molecule has 1 fully saturated rings. The third kappa shape index (κ3) is 4.78. The summed E-state index contributed by atoms with van der Waals surface area (Å²) < 4.78 is 0. The molecule has 0 heterocycles. The van der Waals surface area contributed by atoms with Gasteiger partial charge in [0, 0.05) is 17.2 Å². The zero-order valence-electron chi connectivity index (χ0n) is 24.7. The first kappa shape index (κ1) is 30.0. The van der Waals surface area contributed by atoms with Gasteiger partial charge >= 0.3 is 0 Å². The Morgan fingerprint density at radius 1 is 1.09 bits per heavy atom. The Kier molecular flexibility index (Phi) is 7.22. The fourth-order valence-electron chi connectivity index (χ4n) is 6.56. The first-order chi connectivity index (χ1) is 20.1. The Labute approximate surface area is 249 Å². The Morgan fingerprint density at radius 2 is 1.74 bits per heavy atom. The number of rotatable bonds is 5. The fourth-order valence-corrected chi connectivity index (χ4v) is 6.56. The molecule has 0 aromatic heterocycles. The van der Waals surface area contributed by atoms with Crippen LogP contribution in [0, 0.1) is 11.8 Å². The summed E-state index contributed by atoms with van der Waals surface area (Å²) >= 11 is 0. The van der Waals surface area contributed by atoms with Crippen molar-refractivity contribution in [1.82, 2.24) is 4.90 Å². The predicted octanol–water partition coefficient (Wildman–Crippen LogP) is 2.87. The van der Waals surface area contributed by atoms with Crippen molar-refractivity contribution in [2.24, 2.45) is 22.6 Å². The lowest BCUT2D eigenvalue weighted by Crippen LogP contribution is -2.65. The lowest BCUT2D eigenvalue weighted by atomic mass is 9.57. The number of benzene rings is 2. The average Bonchev–Trinajstić information content (AvgIpc) is 2.90. The molecule has 5 rings (SSSR count). The number of carbonyl (C=O) groups excluding carboxylic acids is 3. The van der Waals surface area contributed by atoms with Crippen molar-refractivity contribution in [3.63, 3.8) is 0 Å². The summed E-state index contributed by atoms with van der Waals surface area (Å²) in [5.41, 5.74) is 4.45. The quantitative estimate of drug-likeness (QED) is 0.174. The van der Waals surface area contributed by atoms with E-state index in [-0.39, 0.29) is 35.3 Å². The minimum atomic E-state index is -2.67. The lowest BCUT2D eigenvalue weighted by molar-refractivity contribution is -0.153. The first-order valence-electron chi connectivity index (χ1n) is 14.0. The number of aliphatic hydroxyl groups is 3. The van der Waals surface area contributed by atoms with Gasteiger partial charge in [0.2, 0.25) is 5.78 Å². The molecule has 226 valence electrons. The number of fused-ring (bicyclic) bond motifs is 3. The third-order valence-electron chi connectivity index (χ3n) is 8.48. The van der Waals surface area contributed by atoms with E-state index in [0.717, 1.165) is 16.8 Å². The number of carbonyl (C=O) groups is 3. The highest BCUT2D eigenvalue weighted by atomic mass is 16.3. The van der Waals surface area contributed by atoms with Gasteiger partial charge in [0.05, 0.1) is 23.5 Å². The van der Waals surface area contributed by atoms with Crippen LogP contribution in [-0.2, 0) is 20.8 Å². The molecule has 11 nitrogen and oxygen atoms in total. The molecule has 0 unspecified atom stereocenters. The number of aromatic hydroxyl groups is 1. The highest BCUT2D eigenvalue weighted by Gasteiger charge is 2.64. The number of amides is 1. The van der Waals surface area contributed by atoms with Crippen LogP contribution < -0.4 is 11.1 Å². The lowest BCUT2D eigenvalue weighted by Gasteiger charge is -2.50. The first-order valence-corrected chi connectivity index (χ1v) is 14.0. The number of hydrogen-bond acceptors (Lipinski definition) is 9. The van der Waals surface area contributed by atoms with E-state index in [9.17, 15) is 34.8 Å². The minimum Gasteiger partial charge on any atom is -0.508 e. The molecule has 43 heavy (non-hydrogen) atoms. The minimum absolute atomic E-state index is 0.0246. The molecule has 0 radical (unpaired) electrons. The summed E-state index contributed by atoms with van der Waals surface area (Å²) in [5, 5.41) is 48.2. The van der Waals surface area contributed by atoms with E-state index in [0.29, 0.717) is 5.56 Å². The molecule has 2 aromatic rings. The second kappa shape index (κ2) is 10.4. The second-order valence-electron chi connectivity index (χ2n) is 12.6. The van der Waals surface area contributed by atoms with Gasteiger partial charge in [-0.3, -0.25) is 24.3 Å². The van der Waals surface area contributed by atoms with Crippen LogP contribution >= 0.6 is 0 Å². The summed E-state index contributed by atoms with van der Waals surface area (Å²) in [5.74, 6) is -6.77. The van der Waals surface area contributed by atoms with Gasteiger partial charge in [0.1, 0.15) is 22.8 Å². The van der Waals surface area contributed by atoms with E-state index >= 15 is 0 Å². The van der Waals surface area contributed by atoms with E-state index < -0.39 is 58.0 Å². The summed E-state index contributed by atoms with van der Waals surface area (Å²) in [7, 11) is 3.13. The number of nitrogens with two attached hydrogens (primary N) is 1. The van der Waals surface area contributed by atoms with Crippen LogP contribution in [0.25, 0.3) is 16.9 Å². The number of Topliss-reactive ketones (excluding diaryl/α,β-unsaturated/α-hetero) is 2. The number of aliphatic hydroxyl groups excluding tert-OH is 2. The predicted molar refractivity (Wildman–Crippen MR) is 162 cm³/mol. The maximum absolute atomic E-state index is 14.0. The summed E-state index contributed by atoms with van der Waals surface area (Å²) in [6, 6.07) is 9.53. The number of nitrogens with one attached hydrogen (secondary N) is 1. The zero-order valence-corrected chi connectivity index (χ0v) is 24.7. The Morgan fingerprint density at radius 3 is 2.33 bits per heavy atom. The number of phenols is 1. The number of likely N-dealkylation sites (N-methyl/N-ethyl adjacent to an activating group) is 1. The van der Waals surface area contributed by atoms with Crippen LogP contribution in [-0.4, -0.2) is 80.4 Å². The van der Waals surface area contributed by atoms with Gasteiger partial charge in [0.25, 0.3) is 5.91 Å². The maximum Gasteiger partial charge on any atom is 0.255 e. The fraction of sp³-hybridized carbons (Fsp3) is 0.375. The number of anilines is 1. The highest BCUT2D eigenvalue weighted by molar-refractivity contribution is 6.24. The van der Waals surface area contributed by atoms with Crippen molar-refractivity contribution in [1.29, 1.82) is 0 Å². The van der Waals surface area contributed by atoms with E-state index in [1.165, 1.54) is 11.0 Å². The molecular weight excluding hydrogens is 552 g/mol. The van der Waals surface area contributed by atoms with Gasteiger partial charge in [-0.2, -0.15) is 0 Å². The van der Waals surface area contributed by atoms with Crippen LogP contribution in [0.5, 0.6) is 5.75 Å². The summed E-state index contributed by atoms with van der Waals surface area (Å²) in [4.78, 5) is 45.3. The molecule has 0 spiro atoms. The number of nitrogens with zero attached hydrogens (tertiary/aromatic N) is 2. The second-order valence-corrected chi connectivity index (χ2v) is 12.6. The molecule has 0 saturated heterocycles. The molecule has 3 aliphatic rings. The molecule has 3 aliphatic carbocycles. The molecule has 1 saturated carbocycles. The van der Waals surface area contributed by atoms with Crippen molar-refractivity contribution >= 4 is 35.3 Å². The van der Waals surface area contributed by atoms with E-state index in [1.807, 2.05) is 45.0 Å². The molecule has 0 bridgehead atoms. The van der Waals surface area contributed by atoms with E-state index in [4.69, 9.17) is 5.73 Å². The van der Waals surface area contributed by atoms with Crippen LogP contribution in [0.4, 0.5) is 5.69 Å². The highest BCUT2D eigenvalue weighted by Crippen LogP contribution is 2.53. The maximum atomic E-state index is 14.0. The Bertz CT molecular complexity index is 1630. The Balaban J connectivity index is 1.60. The number of primary amides is 1. The molecule has 11 heteroatoms. The third-order valence-corrected chi connectivity index (χ3v) is 8.48. The van der Waals surface area contributed by atoms with Gasteiger partial charge in [-0.05, 0) is 88.5 Å². The van der Waals surface area contributed by atoms with Crippen LogP contribution in [0.2, 0.25) is 0 Å². The summed E-state index contributed by atoms with van der Waals surface area (Å²) in [6.07, 6.45) is 1.87. The van der Waals surface area contributed by atoms with Crippen LogP contribution in [0.15, 0.2) is 58.3 Å². The number of aliphatic imine (C=N–C) groups is 1. The van der Waals surface area contributed by atoms with Crippen molar-refractivity contribution in [3.8, 4) is 16.9 Å². The van der Waals surface area contributed by atoms with Crippen molar-refractivity contribution in [2.45, 2.75) is 50.8 Å². The van der Waals surface area contributed by atoms with E-state index in [2.05, 4.69) is 10.3 Å². The normalized spacial score (nSPS) is 25.6. The van der Waals surface area contributed by atoms with Crippen molar-refractivity contribution in [2.75, 3.05) is 19.4 Å². The zero-order chi connectivity index (χ0) is 31.6. The number of hydrogen-bond donors (Lipinski definition) is 6. The van der Waals surface area contributed by atoms with Gasteiger partial charge < -0.3 is 31.5 Å². The average molecular weight is 589 g/mol. The number of ketones is 2. The molecule has 2 aromatic carbocycles. The number of phenolic OH excluding ortho intramolecular Hbond substituents is 1. The monoisotopic (exact) mass is 588 g/mol. The van der Waals surface area contributed by atoms with Crippen molar-refractivity contribution < 1.29 is 34.8 Å². The topological polar surface area (TPSA) is 186 Å². The van der Waals surface area contributed by atoms with Gasteiger partial charge in [0.15, 0.2) is 11.4 Å². The van der Waals surface area contributed by atoms with Crippen LogP contribution in [0.3, 0.4) is 0 Å². The smallest absolute Gasteiger partial charge is 0.255 e. The molecular formula is C32H36N4O7. The standard InChI is InChI=1S/C32H36N4O7/c1-31(2,3)35-14-34-17-8-6-15(7-9-17)18-10-11-21(37)23-19(18)12-16-13-20-25(36(4)5)27(39)24(30(33)42)29(41)32(20,43)28(40)22(16)26(23)38/h6-11,14,16,20,25,37-38,41,43H,12-13H2,1-5H3,(H2,33,42)(H,34,35)/t16-,20-,25-,32-/m1/s1.